The van der Waals surface area contributed by atoms with Crippen LogP contribution in [0.3, 0.4) is 0 Å². The second-order valence-electron chi connectivity index (χ2n) is 5.41. The van der Waals surface area contributed by atoms with E-state index in [4.69, 9.17) is 0 Å². The van der Waals surface area contributed by atoms with Crippen LogP contribution in [-0.4, -0.2) is 44.9 Å². The molecule has 1 aromatic heterocycles. The first-order chi connectivity index (χ1) is 8.49. The van der Waals surface area contributed by atoms with Crippen LogP contribution in [0.15, 0.2) is 6.20 Å². The van der Waals surface area contributed by atoms with E-state index in [9.17, 15) is 9.90 Å². The van der Waals surface area contributed by atoms with E-state index in [1.165, 1.54) is 0 Å². The zero-order valence-electron chi connectivity index (χ0n) is 11.3. The van der Waals surface area contributed by atoms with E-state index in [1.54, 1.807) is 11.1 Å². The van der Waals surface area contributed by atoms with Gasteiger partial charge in [-0.05, 0) is 19.3 Å². The summed E-state index contributed by atoms with van der Waals surface area (Å²) in [4.78, 5) is 13.8. The van der Waals surface area contributed by atoms with E-state index in [0.717, 1.165) is 18.7 Å². The van der Waals surface area contributed by atoms with Crippen molar-refractivity contribution in [3.8, 4) is 0 Å². The summed E-state index contributed by atoms with van der Waals surface area (Å²) in [7, 11) is 0. The third-order valence-corrected chi connectivity index (χ3v) is 3.40. The molecule has 1 saturated heterocycles. The Balaban J connectivity index is 2.03. The van der Waals surface area contributed by atoms with Crippen molar-refractivity contribution >= 4 is 5.91 Å². The van der Waals surface area contributed by atoms with Crippen molar-refractivity contribution in [2.75, 3.05) is 13.1 Å². The van der Waals surface area contributed by atoms with Crippen LogP contribution in [0, 0.1) is 12.8 Å². The molecule has 18 heavy (non-hydrogen) atoms. The Kier molecular flexibility index (Phi) is 3.71. The molecule has 0 radical (unpaired) electrons. The number of nitrogens with zero attached hydrogens (tertiary/aromatic N) is 3. The Morgan fingerprint density at radius 2 is 2.22 bits per heavy atom. The van der Waals surface area contributed by atoms with Crippen molar-refractivity contribution in [1.29, 1.82) is 0 Å². The first-order valence-corrected chi connectivity index (χ1v) is 6.48. The highest BCUT2D eigenvalue weighted by atomic mass is 16.3. The fourth-order valence-corrected chi connectivity index (χ4v) is 2.05. The van der Waals surface area contributed by atoms with Crippen LogP contribution < -0.4 is 0 Å². The van der Waals surface area contributed by atoms with Crippen LogP contribution in [0.2, 0.25) is 0 Å². The highest BCUT2D eigenvalue weighted by Crippen LogP contribution is 2.16. The number of hydrogen-bond acceptors (Lipinski definition) is 3. The third kappa shape index (κ3) is 2.56. The molecule has 100 valence electrons. The number of hydrogen-bond donors (Lipinski definition) is 1. The van der Waals surface area contributed by atoms with Gasteiger partial charge in [-0.15, -0.1) is 0 Å². The Labute approximate surface area is 107 Å². The molecule has 0 unspecified atom stereocenters. The van der Waals surface area contributed by atoms with Gasteiger partial charge in [-0.1, -0.05) is 13.8 Å². The first kappa shape index (κ1) is 13.1. The maximum atomic E-state index is 12.1. The second-order valence-corrected chi connectivity index (χ2v) is 5.41. The van der Waals surface area contributed by atoms with Crippen molar-refractivity contribution in [3.05, 3.63) is 17.5 Å². The normalized spacial score (nSPS) is 16.2. The Hall–Kier alpha value is -1.36. The summed E-state index contributed by atoms with van der Waals surface area (Å²) in [6.07, 6.45) is 2.34. The van der Waals surface area contributed by atoms with E-state index < -0.39 is 0 Å². The summed E-state index contributed by atoms with van der Waals surface area (Å²) in [6, 6.07) is 0. The zero-order chi connectivity index (χ0) is 13.3. The molecule has 0 saturated carbocycles. The summed E-state index contributed by atoms with van der Waals surface area (Å²) >= 11 is 0. The SMILES string of the molecule is Cc1c(C(=O)N2CC(O)C2)cnn1CCC(C)C. The molecule has 1 aliphatic heterocycles. The summed E-state index contributed by atoms with van der Waals surface area (Å²) in [5.74, 6) is 0.604. The Morgan fingerprint density at radius 1 is 1.56 bits per heavy atom. The lowest BCUT2D eigenvalue weighted by molar-refractivity contribution is 0.00583. The van der Waals surface area contributed by atoms with Crippen molar-refractivity contribution in [2.45, 2.75) is 39.8 Å². The highest BCUT2D eigenvalue weighted by molar-refractivity contribution is 5.95. The lowest BCUT2D eigenvalue weighted by Gasteiger charge is -2.35. The van der Waals surface area contributed by atoms with Crippen molar-refractivity contribution in [2.24, 2.45) is 5.92 Å². The van der Waals surface area contributed by atoms with Gasteiger partial charge in [0.2, 0.25) is 0 Å². The zero-order valence-corrected chi connectivity index (χ0v) is 11.3. The molecule has 2 rings (SSSR count). The number of amides is 1. The van der Waals surface area contributed by atoms with E-state index in [2.05, 4.69) is 18.9 Å². The molecule has 0 aliphatic carbocycles. The molecular weight excluding hydrogens is 230 g/mol. The Morgan fingerprint density at radius 3 is 2.78 bits per heavy atom. The lowest BCUT2D eigenvalue weighted by atomic mass is 10.1. The second kappa shape index (κ2) is 5.10. The smallest absolute Gasteiger partial charge is 0.257 e. The third-order valence-electron chi connectivity index (χ3n) is 3.40. The van der Waals surface area contributed by atoms with Crippen LogP contribution in [0.1, 0.15) is 36.3 Å². The van der Waals surface area contributed by atoms with Gasteiger partial charge in [0.1, 0.15) is 0 Å². The average Bonchev–Trinajstić information content (AvgIpc) is 2.63. The summed E-state index contributed by atoms with van der Waals surface area (Å²) in [6.45, 7) is 8.00. The number of aliphatic hydroxyl groups excluding tert-OH is 1. The molecule has 1 aromatic rings. The molecule has 5 nitrogen and oxygen atoms in total. The van der Waals surface area contributed by atoms with Gasteiger partial charge < -0.3 is 10.0 Å². The molecule has 0 aromatic carbocycles. The fourth-order valence-electron chi connectivity index (χ4n) is 2.05. The van der Waals surface area contributed by atoms with Gasteiger partial charge >= 0.3 is 0 Å². The highest BCUT2D eigenvalue weighted by Gasteiger charge is 2.31. The molecule has 1 fully saturated rings. The molecule has 1 amide bonds. The monoisotopic (exact) mass is 251 g/mol. The maximum absolute atomic E-state index is 12.1. The largest absolute Gasteiger partial charge is 0.389 e. The molecule has 0 atom stereocenters. The summed E-state index contributed by atoms with van der Waals surface area (Å²) < 4.78 is 1.89. The minimum Gasteiger partial charge on any atom is -0.389 e. The van der Waals surface area contributed by atoms with E-state index in [1.807, 2.05) is 11.6 Å². The number of aliphatic hydroxyl groups is 1. The van der Waals surface area contributed by atoms with E-state index in [0.29, 0.717) is 24.6 Å². The predicted octanol–water partition coefficient (Wildman–Crippen LogP) is 1.05. The molecule has 0 bridgehead atoms. The fraction of sp³-hybridized carbons (Fsp3) is 0.692. The molecule has 1 aliphatic rings. The van der Waals surface area contributed by atoms with Gasteiger partial charge in [0.15, 0.2) is 0 Å². The van der Waals surface area contributed by atoms with Crippen molar-refractivity contribution in [3.63, 3.8) is 0 Å². The van der Waals surface area contributed by atoms with E-state index >= 15 is 0 Å². The number of likely N-dealkylation sites (tertiary alicyclic amines) is 1. The molecule has 2 heterocycles. The van der Waals surface area contributed by atoms with Crippen molar-refractivity contribution in [1.82, 2.24) is 14.7 Å². The number of carbonyl (C=O) groups excluding carboxylic acids is 1. The minimum atomic E-state index is -0.356. The number of rotatable bonds is 4. The first-order valence-electron chi connectivity index (χ1n) is 6.48. The molecule has 0 spiro atoms. The number of β-amino-alcohol motifs (C(OH)–C–C–N with tert-alkyl or cyclic N) is 1. The van der Waals surface area contributed by atoms with Gasteiger partial charge in [0.05, 0.1) is 17.9 Å². The minimum absolute atomic E-state index is 0.0198. The Bertz CT molecular complexity index is 433. The number of aryl methyl sites for hydroxylation is 1. The van der Waals surface area contributed by atoms with E-state index in [-0.39, 0.29) is 12.0 Å². The van der Waals surface area contributed by atoms with Gasteiger partial charge in [0.25, 0.3) is 5.91 Å². The van der Waals surface area contributed by atoms with Crippen LogP contribution in [0.4, 0.5) is 0 Å². The van der Waals surface area contributed by atoms with Crippen LogP contribution in [0.25, 0.3) is 0 Å². The van der Waals surface area contributed by atoms with Crippen LogP contribution in [-0.2, 0) is 6.54 Å². The van der Waals surface area contributed by atoms with Gasteiger partial charge in [-0.25, -0.2) is 0 Å². The van der Waals surface area contributed by atoms with Crippen molar-refractivity contribution < 1.29 is 9.90 Å². The maximum Gasteiger partial charge on any atom is 0.257 e. The van der Waals surface area contributed by atoms with Crippen LogP contribution >= 0.6 is 0 Å². The van der Waals surface area contributed by atoms with Gasteiger partial charge in [-0.3, -0.25) is 9.48 Å². The van der Waals surface area contributed by atoms with Crippen LogP contribution in [0.5, 0.6) is 0 Å². The number of carbonyl (C=O) groups is 1. The van der Waals surface area contributed by atoms with Gasteiger partial charge in [-0.2, -0.15) is 5.10 Å². The summed E-state index contributed by atoms with van der Waals surface area (Å²) in [5, 5.41) is 13.5. The molecule has 5 heteroatoms. The molecular formula is C13H21N3O2. The predicted molar refractivity (Wildman–Crippen MR) is 68.3 cm³/mol. The van der Waals surface area contributed by atoms with Gasteiger partial charge in [0, 0.05) is 25.3 Å². The molecule has 1 N–H and O–H groups in total. The topological polar surface area (TPSA) is 58.4 Å². The average molecular weight is 251 g/mol. The summed E-state index contributed by atoms with van der Waals surface area (Å²) in [5.41, 5.74) is 1.58. The quantitative estimate of drug-likeness (QED) is 0.870. The number of aromatic nitrogens is 2. The standard InChI is InChI=1S/C13H21N3O2/c1-9(2)4-5-16-10(3)12(6-14-16)13(18)15-7-11(17)8-15/h6,9,11,17H,4-5,7-8H2,1-3H3. The lowest BCUT2D eigenvalue weighted by Crippen LogP contribution is -2.53.